The van der Waals surface area contributed by atoms with Gasteiger partial charge in [0.05, 0.1) is 17.7 Å². The van der Waals surface area contributed by atoms with Crippen molar-refractivity contribution in [2.45, 2.75) is 18.7 Å². The molecule has 0 aliphatic heterocycles. The molecule has 0 aliphatic rings. The highest BCUT2D eigenvalue weighted by Gasteiger charge is 2.24. The first-order chi connectivity index (χ1) is 8.70. The van der Waals surface area contributed by atoms with Crippen LogP contribution in [0.3, 0.4) is 0 Å². The lowest BCUT2D eigenvalue weighted by atomic mass is 10.2. The first-order valence-corrected chi connectivity index (χ1v) is 7.23. The maximum absolute atomic E-state index is 13.7. The third kappa shape index (κ3) is 3.36. The summed E-state index contributed by atoms with van der Waals surface area (Å²) in [5.74, 6) is -0.773. The number of hydrogen-bond acceptors (Lipinski definition) is 4. The van der Waals surface area contributed by atoms with Crippen molar-refractivity contribution in [3.8, 4) is 5.75 Å². The zero-order valence-electron chi connectivity index (χ0n) is 11.5. The van der Waals surface area contributed by atoms with Gasteiger partial charge in [-0.25, -0.2) is 17.1 Å². The topological polar surface area (TPSA) is 72.6 Å². The van der Waals surface area contributed by atoms with Gasteiger partial charge < -0.3 is 10.5 Å². The average molecular weight is 290 g/mol. The minimum absolute atomic E-state index is 0.0426. The van der Waals surface area contributed by atoms with Crippen LogP contribution in [0.1, 0.15) is 13.8 Å². The van der Waals surface area contributed by atoms with E-state index < -0.39 is 15.8 Å². The van der Waals surface area contributed by atoms with Crippen LogP contribution in [0.25, 0.3) is 0 Å². The second-order valence-electron chi connectivity index (χ2n) is 4.71. The molecule has 0 spiro atoms. The molecule has 1 rings (SSSR count). The molecule has 1 aromatic rings. The summed E-state index contributed by atoms with van der Waals surface area (Å²) in [6.45, 7) is 4.14. The lowest BCUT2D eigenvalue weighted by Crippen LogP contribution is -2.30. The van der Waals surface area contributed by atoms with Crippen molar-refractivity contribution in [3.63, 3.8) is 0 Å². The summed E-state index contributed by atoms with van der Waals surface area (Å²) < 4.78 is 44.1. The molecule has 2 N–H and O–H groups in total. The Kier molecular flexibility index (Phi) is 4.75. The van der Waals surface area contributed by atoms with Crippen LogP contribution in [0.15, 0.2) is 17.0 Å². The Labute approximate surface area is 113 Å². The van der Waals surface area contributed by atoms with Gasteiger partial charge >= 0.3 is 0 Å². The van der Waals surface area contributed by atoms with Crippen LogP contribution >= 0.6 is 0 Å². The van der Waals surface area contributed by atoms with Crippen LogP contribution < -0.4 is 10.5 Å². The first kappa shape index (κ1) is 15.7. The minimum Gasteiger partial charge on any atom is -0.492 e. The molecular formula is C12H19FN2O3S. The fraction of sp³-hybridized carbons (Fsp3) is 0.500. The molecule has 0 unspecified atom stereocenters. The standard InChI is InChI=1S/C12H19FN2O3S/c1-8(2)7-15(3)19(16,17)9-5-10(13)12(18-4)11(14)6-9/h5-6,8H,7,14H2,1-4H3. The van der Waals surface area contributed by atoms with Gasteiger partial charge in [-0.05, 0) is 18.1 Å². The lowest BCUT2D eigenvalue weighted by Gasteiger charge is -2.19. The number of nitrogens with zero attached hydrogens (tertiary/aromatic N) is 1. The van der Waals surface area contributed by atoms with Crippen LogP contribution in [-0.4, -0.2) is 33.4 Å². The van der Waals surface area contributed by atoms with E-state index in [0.717, 1.165) is 6.07 Å². The molecule has 0 fully saturated rings. The van der Waals surface area contributed by atoms with E-state index in [4.69, 9.17) is 10.5 Å². The first-order valence-electron chi connectivity index (χ1n) is 5.79. The van der Waals surface area contributed by atoms with Gasteiger partial charge in [0.1, 0.15) is 0 Å². The molecular weight excluding hydrogens is 271 g/mol. The largest absolute Gasteiger partial charge is 0.492 e. The number of sulfonamides is 1. The number of hydrogen-bond donors (Lipinski definition) is 1. The number of ether oxygens (including phenoxy) is 1. The predicted molar refractivity (Wildman–Crippen MR) is 72.0 cm³/mol. The second-order valence-corrected chi connectivity index (χ2v) is 6.75. The Morgan fingerprint density at radius 1 is 1.42 bits per heavy atom. The minimum atomic E-state index is -3.75. The number of nitrogens with two attached hydrogens (primary N) is 1. The smallest absolute Gasteiger partial charge is 0.243 e. The zero-order chi connectivity index (χ0) is 14.8. The molecule has 0 saturated carbocycles. The van der Waals surface area contributed by atoms with Crippen molar-refractivity contribution in [1.82, 2.24) is 4.31 Å². The molecule has 0 atom stereocenters. The Balaban J connectivity index is 3.23. The van der Waals surface area contributed by atoms with Crippen molar-refractivity contribution in [3.05, 3.63) is 17.9 Å². The molecule has 7 heteroatoms. The van der Waals surface area contributed by atoms with Gasteiger partial charge in [0, 0.05) is 13.6 Å². The third-order valence-corrected chi connectivity index (χ3v) is 4.38. The van der Waals surface area contributed by atoms with E-state index in [1.807, 2.05) is 13.8 Å². The average Bonchev–Trinajstić information content (AvgIpc) is 2.27. The van der Waals surface area contributed by atoms with Crippen molar-refractivity contribution in [2.75, 3.05) is 26.4 Å². The third-order valence-electron chi connectivity index (χ3n) is 2.58. The molecule has 0 aliphatic carbocycles. The van der Waals surface area contributed by atoms with E-state index in [1.54, 1.807) is 0 Å². The molecule has 1 aromatic carbocycles. The Bertz CT molecular complexity index is 535. The van der Waals surface area contributed by atoms with Crippen molar-refractivity contribution >= 4 is 15.7 Å². The highest BCUT2D eigenvalue weighted by atomic mass is 32.2. The van der Waals surface area contributed by atoms with Gasteiger partial charge in [-0.15, -0.1) is 0 Å². The maximum Gasteiger partial charge on any atom is 0.243 e. The van der Waals surface area contributed by atoms with E-state index in [1.165, 1.54) is 24.5 Å². The molecule has 19 heavy (non-hydrogen) atoms. The van der Waals surface area contributed by atoms with Gasteiger partial charge in [0.2, 0.25) is 10.0 Å². The fourth-order valence-electron chi connectivity index (χ4n) is 1.75. The lowest BCUT2D eigenvalue weighted by molar-refractivity contribution is 0.387. The van der Waals surface area contributed by atoms with E-state index >= 15 is 0 Å². The van der Waals surface area contributed by atoms with Gasteiger partial charge in [-0.2, -0.15) is 0 Å². The van der Waals surface area contributed by atoms with Crippen LogP contribution in [0, 0.1) is 11.7 Å². The molecule has 0 heterocycles. The van der Waals surface area contributed by atoms with E-state index in [2.05, 4.69) is 0 Å². The van der Waals surface area contributed by atoms with Gasteiger partial charge in [-0.3, -0.25) is 0 Å². The number of nitrogen functional groups attached to an aromatic ring is 1. The number of methoxy groups -OCH3 is 1. The highest BCUT2D eigenvalue weighted by Crippen LogP contribution is 2.29. The summed E-state index contributed by atoms with van der Waals surface area (Å²) >= 11 is 0. The molecule has 0 radical (unpaired) electrons. The molecule has 0 bridgehead atoms. The SMILES string of the molecule is COc1c(N)cc(S(=O)(=O)N(C)CC(C)C)cc1F. The van der Waals surface area contributed by atoms with Crippen molar-refractivity contribution in [2.24, 2.45) is 5.92 Å². The summed E-state index contributed by atoms with van der Waals surface area (Å²) in [5, 5.41) is 0. The molecule has 0 aromatic heterocycles. The van der Waals surface area contributed by atoms with Crippen LogP contribution in [0.4, 0.5) is 10.1 Å². The van der Waals surface area contributed by atoms with E-state index in [9.17, 15) is 12.8 Å². The Morgan fingerprint density at radius 2 is 2.00 bits per heavy atom. The summed E-state index contributed by atoms with van der Waals surface area (Å²) in [6, 6.07) is 2.12. The molecule has 0 saturated heterocycles. The number of anilines is 1. The molecule has 108 valence electrons. The maximum atomic E-state index is 13.7. The normalized spacial score (nSPS) is 12.2. The van der Waals surface area contributed by atoms with Crippen LogP contribution in [0.2, 0.25) is 0 Å². The quantitative estimate of drug-likeness (QED) is 0.838. The summed E-state index contributed by atoms with van der Waals surface area (Å²) in [5.41, 5.74) is 5.54. The van der Waals surface area contributed by atoms with Gasteiger partial charge in [0.25, 0.3) is 0 Å². The Hall–Kier alpha value is -1.34. The number of halogens is 1. The van der Waals surface area contributed by atoms with Crippen molar-refractivity contribution in [1.29, 1.82) is 0 Å². The van der Waals surface area contributed by atoms with Gasteiger partial charge in [0.15, 0.2) is 11.6 Å². The summed E-state index contributed by atoms with van der Waals surface area (Å²) in [7, 11) is -1.02. The zero-order valence-corrected chi connectivity index (χ0v) is 12.3. The second kappa shape index (κ2) is 5.75. The monoisotopic (exact) mass is 290 g/mol. The molecule has 0 amide bonds. The Morgan fingerprint density at radius 3 is 2.42 bits per heavy atom. The summed E-state index contributed by atoms with van der Waals surface area (Å²) in [6.07, 6.45) is 0. The number of benzene rings is 1. The van der Waals surface area contributed by atoms with E-state index in [0.29, 0.717) is 6.54 Å². The van der Waals surface area contributed by atoms with Crippen molar-refractivity contribution < 1.29 is 17.5 Å². The van der Waals surface area contributed by atoms with E-state index in [-0.39, 0.29) is 22.3 Å². The van der Waals surface area contributed by atoms with Crippen LogP contribution in [0.5, 0.6) is 5.75 Å². The van der Waals surface area contributed by atoms with Gasteiger partial charge in [-0.1, -0.05) is 13.8 Å². The van der Waals surface area contributed by atoms with Crippen LogP contribution in [-0.2, 0) is 10.0 Å². The fourth-order valence-corrected chi connectivity index (χ4v) is 3.13. The predicted octanol–water partition coefficient (Wildman–Crippen LogP) is 1.69. The number of rotatable bonds is 5. The summed E-state index contributed by atoms with van der Waals surface area (Å²) in [4.78, 5) is -0.175. The highest BCUT2D eigenvalue weighted by molar-refractivity contribution is 7.89. The molecule has 5 nitrogen and oxygen atoms in total.